The summed E-state index contributed by atoms with van der Waals surface area (Å²) in [7, 11) is -3.15. The monoisotopic (exact) mass is 479 g/mol. The highest BCUT2D eigenvalue weighted by Crippen LogP contribution is 2.32. The van der Waals surface area contributed by atoms with Gasteiger partial charge in [-0.15, -0.1) is 0 Å². The summed E-state index contributed by atoms with van der Waals surface area (Å²) in [6, 6.07) is 10.8. The van der Waals surface area contributed by atoms with Crippen LogP contribution in [-0.4, -0.2) is 45.6 Å². The minimum Gasteiger partial charge on any atom is -0.348 e. The fourth-order valence-corrected chi connectivity index (χ4v) is 5.96. The number of halogens is 1. The lowest BCUT2D eigenvalue weighted by molar-refractivity contribution is 0.0952. The molecule has 174 valence electrons. The Bertz CT molecular complexity index is 1480. The number of fused-ring (bicyclic) bond motifs is 1. The Kier molecular flexibility index (Phi) is 5.60. The molecule has 0 bridgehead atoms. The zero-order chi connectivity index (χ0) is 23.9. The smallest absolute Gasteiger partial charge is 0.252 e. The second-order valence-corrected chi connectivity index (χ2v) is 10.6. The van der Waals surface area contributed by atoms with E-state index < -0.39 is 9.84 Å². The van der Waals surface area contributed by atoms with Gasteiger partial charge in [-0.2, -0.15) is 5.10 Å². The molecule has 0 spiro atoms. The predicted octanol–water partition coefficient (Wildman–Crippen LogP) is 3.23. The number of carbonyl (C=O) groups excluding carboxylic acids is 1. The van der Waals surface area contributed by atoms with E-state index in [0.29, 0.717) is 40.0 Å². The van der Waals surface area contributed by atoms with Crippen molar-refractivity contribution in [2.45, 2.75) is 25.9 Å². The van der Waals surface area contributed by atoms with Crippen molar-refractivity contribution in [1.29, 1.82) is 0 Å². The molecule has 1 aromatic carbocycles. The van der Waals surface area contributed by atoms with E-state index in [1.165, 1.54) is 12.1 Å². The number of rotatable bonds is 5. The van der Waals surface area contributed by atoms with Crippen LogP contribution >= 0.6 is 0 Å². The van der Waals surface area contributed by atoms with Gasteiger partial charge in [-0.1, -0.05) is 6.07 Å². The number of benzene rings is 1. The Morgan fingerprint density at radius 2 is 2.03 bits per heavy atom. The van der Waals surface area contributed by atoms with Crippen LogP contribution in [0.3, 0.4) is 0 Å². The molecule has 0 radical (unpaired) electrons. The standard InChI is InChI=1S/C24H22FN5O3S/c1-15-22-20(24(31)27-13-16-3-2-9-26-12-16)11-21(17-4-6-18(25)7-5-17)28-23(22)30(29-15)19-8-10-34(32,33)14-19/h2-7,9,11-12,19H,8,10,13-14H2,1H3,(H,27,31). The van der Waals surface area contributed by atoms with E-state index in [0.717, 1.165) is 5.56 Å². The Hall–Kier alpha value is -3.66. The first-order valence-corrected chi connectivity index (χ1v) is 12.7. The van der Waals surface area contributed by atoms with Crippen molar-refractivity contribution in [2.75, 3.05) is 11.5 Å². The third kappa shape index (κ3) is 4.28. The Morgan fingerprint density at radius 3 is 2.71 bits per heavy atom. The van der Waals surface area contributed by atoms with Gasteiger partial charge in [0.15, 0.2) is 15.5 Å². The maximum absolute atomic E-state index is 13.5. The molecule has 10 heteroatoms. The van der Waals surface area contributed by atoms with Crippen molar-refractivity contribution < 1.29 is 17.6 Å². The molecule has 1 saturated heterocycles. The lowest BCUT2D eigenvalue weighted by atomic mass is 10.0. The molecule has 1 aliphatic rings. The molecule has 1 N–H and O–H groups in total. The van der Waals surface area contributed by atoms with Gasteiger partial charge in [-0.25, -0.2) is 22.5 Å². The molecule has 1 amide bonds. The first kappa shape index (κ1) is 22.1. The summed E-state index contributed by atoms with van der Waals surface area (Å²) < 4.78 is 39.3. The van der Waals surface area contributed by atoms with E-state index in [9.17, 15) is 17.6 Å². The minimum absolute atomic E-state index is 0.0196. The summed E-state index contributed by atoms with van der Waals surface area (Å²) in [6.07, 6.45) is 3.77. The molecule has 1 unspecified atom stereocenters. The first-order valence-electron chi connectivity index (χ1n) is 10.8. The third-order valence-corrected chi connectivity index (χ3v) is 7.70. The lowest BCUT2D eigenvalue weighted by Gasteiger charge is -2.12. The van der Waals surface area contributed by atoms with E-state index in [1.54, 1.807) is 48.3 Å². The van der Waals surface area contributed by atoms with Gasteiger partial charge in [-0.05, 0) is 55.3 Å². The minimum atomic E-state index is -3.15. The van der Waals surface area contributed by atoms with Gasteiger partial charge in [0, 0.05) is 24.5 Å². The van der Waals surface area contributed by atoms with Gasteiger partial charge in [0.1, 0.15) is 5.82 Å². The van der Waals surface area contributed by atoms with Crippen molar-refractivity contribution in [3.63, 3.8) is 0 Å². The first-order chi connectivity index (χ1) is 16.3. The van der Waals surface area contributed by atoms with E-state index in [1.807, 2.05) is 6.07 Å². The fraction of sp³-hybridized carbons (Fsp3) is 0.250. The predicted molar refractivity (Wildman–Crippen MR) is 125 cm³/mol. The summed E-state index contributed by atoms with van der Waals surface area (Å²) in [5.74, 6) is -0.625. The molecule has 4 heterocycles. The molecule has 34 heavy (non-hydrogen) atoms. The van der Waals surface area contributed by atoms with Crippen LogP contribution in [0.4, 0.5) is 4.39 Å². The molecule has 1 fully saturated rings. The fourth-order valence-electron chi connectivity index (χ4n) is 4.26. The topological polar surface area (TPSA) is 107 Å². The van der Waals surface area contributed by atoms with E-state index in [4.69, 9.17) is 4.98 Å². The van der Waals surface area contributed by atoms with Gasteiger partial charge in [0.05, 0.1) is 39.9 Å². The number of nitrogens with zero attached hydrogens (tertiary/aromatic N) is 4. The lowest BCUT2D eigenvalue weighted by Crippen LogP contribution is -2.23. The molecule has 5 rings (SSSR count). The Morgan fingerprint density at radius 1 is 1.24 bits per heavy atom. The number of carbonyl (C=O) groups is 1. The molecule has 4 aromatic rings. The number of amides is 1. The van der Waals surface area contributed by atoms with E-state index in [2.05, 4.69) is 15.4 Å². The summed E-state index contributed by atoms with van der Waals surface area (Å²) in [4.78, 5) is 22.1. The van der Waals surface area contributed by atoms with Gasteiger partial charge in [0.2, 0.25) is 0 Å². The van der Waals surface area contributed by atoms with Crippen LogP contribution in [0, 0.1) is 12.7 Å². The molecule has 1 atom stereocenters. The van der Waals surface area contributed by atoms with Crippen molar-refractivity contribution in [3.05, 3.63) is 77.5 Å². The normalized spacial score (nSPS) is 17.2. The second kappa shape index (κ2) is 8.60. The van der Waals surface area contributed by atoms with Gasteiger partial charge in [0.25, 0.3) is 5.91 Å². The van der Waals surface area contributed by atoms with Crippen LogP contribution in [0.5, 0.6) is 0 Å². The molecule has 3 aromatic heterocycles. The third-order valence-electron chi connectivity index (χ3n) is 5.95. The molecule has 8 nitrogen and oxygen atoms in total. The highest BCUT2D eigenvalue weighted by Gasteiger charge is 2.32. The van der Waals surface area contributed by atoms with Crippen LogP contribution in [0.25, 0.3) is 22.3 Å². The molecular formula is C24H22FN5O3S. The van der Waals surface area contributed by atoms with Gasteiger partial charge < -0.3 is 5.32 Å². The SMILES string of the molecule is Cc1nn(C2CCS(=O)(=O)C2)c2nc(-c3ccc(F)cc3)cc(C(=O)NCc3cccnc3)c12. The summed E-state index contributed by atoms with van der Waals surface area (Å²) in [6.45, 7) is 2.07. The summed E-state index contributed by atoms with van der Waals surface area (Å²) >= 11 is 0. The summed E-state index contributed by atoms with van der Waals surface area (Å²) in [5, 5.41) is 8.07. The number of aryl methyl sites for hydroxylation is 1. The van der Waals surface area contributed by atoms with Crippen molar-refractivity contribution in [1.82, 2.24) is 25.1 Å². The Labute approximate surface area is 195 Å². The maximum atomic E-state index is 13.5. The highest BCUT2D eigenvalue weighted by molar-refractivity contribution is 7.91. The zero-order valence-electron chi connectivity index (χ0n) is 18.4. The van der Waals surface area contributed by atoms with Gasteiger partial charge in [-0.3, -0.25) is 9.78 Å². The zero-order valence-corrected chi connectivity index (χ0v) is 19.2. The van der Waals surface area contributed by atoms with Crippen LogP contribution in [0.1, 0.15) is 34.1 Å². The van der Waals surface area contributed by atoms with Crippen LogP contribution in [0.2, 0.25) is 0 Å². The van der Waals surface area contributed by atoms with Crippen molar-refractivity contribution in [2.24, 2.45) is 0 Å². The van der Waals surface area contributed by atoms with Crippen LogP contribution < -0.4 is 5.32 Å². The number of hydrogen-bond donors (Lipinski definition) is 1. The van der Waals surface area contributed by atoms with E-state index >= 15 is 0 Å². The van der Waals surface area contributed by atoms with Gasteiger partial charge >= 0.3 is 0 Å². The second-order valence-electron chi connectivity index (χ2n) is 8.39. The Balaban J connectivity index is 1.62. The molecule has 0 aliphatic carbocycles. The number of nitrogens with one attached hydrogen (secondary N) is 1. The molecule has 1 aliphatic heterocycles. The van der Waals surface area contributed by atoms with E-state index in [-0.39, 0.29) is 35.8 Å². The summed E-state index contributed by atoms with van der Waals surface area (Å²) in [5.41, 5.74) is 3.35. The van der Waals surface area contributed by atoms with Crippen LogP contribution in [0.15, 0.2) is 54.9 Å². The highest BCUT2D eigenvalue weighted by atomic mass is 32.2. The van der Waals surface area contributed by atoms with Crippen molar-refractivity contribution >= 4 is 26.8 Å². The number of aromatic nitrogens is 4. The quantitative estimate of drug-likeness (QED) is 0.471. The van der Waals surface area contributed by atoms with Crippen molar-refractivity contribution in [3.8, 4) is 11.3 Å². The molecule has 0 saturated carbocycles. The average molecular weight is 480 g/mol. The molecular weight excluding hydrogens is 457 g/mol. The van der Waals surface area contributed by atoms with Crippen LogP contribution in [-0.2, 0) is 16.4 Å². The largest absolute Gasteiger partial charge is 0.348 e. The number of pyridine rings is 2. The average Bonchev–Trinajstić information content (AvgIpc) is 3.36. The number of sulfone groups is 1. The maximum Gasteiger partial charge on any atom is 0.252 e. The number of hydrogen-bond acceptors (Lipinski definition) is 6.